The van der Waals surface area contributed by atoms with Crippen LogP contribution in [0.1, 0.15) is 65.2 Å². The van der Waals surface area contributed by atoms with Crippen LogP contribution in [0.3, 0.4) is 0 Å². The second-order valence-electron chi connectivity index (χ2n) is 12.7. The monoisotopic (exact) mass is 699 g/mol. The van der Waals surface area contributed by atoms with Gasteiger partial charge in [0.1, 0.15) is 11.9 Å². The fourth-order valence-corrected chi connectivity index (χ4v) is 7.46. The first-order chi connectivity index (χ1) is 22.7. The van der Waals surface area contributed by atoms with E-state index in [1.54, 1.807) is 13.2 Å². The molecule has 3 fully saturated rings. The molecule has 0 bridgehead atoms. The van der Waals surface area contributed by atoms with Crippen LogP contribution in [0.5, 0.6) is 5.75 Å². The fraction of sp³-hybridized carbons (Fsp3) is 0.486. The summed E-state index contributed by atoms with van der Waals surface area (Å²) in [4.78, 5) is 41.0. The predicted octanol–water partition coefficient (Wildman–Crippen LogP) is 6.51. The molecule has 3 atom stereocenters. The number of hydrogen-bond acceptors (Lipinski definition) is 8. The van der Waals surface area contributed by atoms with E-state index in [1.807, 2.05) is 31.3 Å². The SMILES string of the molecule is COCCCc1cc(C(=O)N(C(=O)[C@H]2CNCC[C@@H]2c2ccc(N3CC[C@@H](Oc4c(Cl)cc(C)cc4Cl)C3)nc2)C2CC2)c(Cl)cn1. The number of methoxy groups -OCH3 is 1. The normalized spacial score (nSPS) is 21.1. The minimum absolute atomic E-state index is 0.0677. The number of hydrogen-bond donors (Lipinski definition) is 1. The van der Waals surface area contributed by atoms with Crippen LogP contribution in [0.25, 0.3) is 0 Å². The molecule has 2 saturated heterocycles. The van der Waals surface area contributed by atoms with E-state index < -0.39 is 5.92 Å². The van der Waals surface area contributed by atoms with Gasteiger partial charge in [-0.25, -0.2) is 4.98 Å². The first-order valence-electron chi connectivity index (χ1n) is 16.3. The minimum Gasteiger partial charge on any atom is -0.485 e. The Morgan fingerprint density at radius 3 is 2.51 bits per heavy atom. The molecule has 1 saturated carbocycles. The quantitative estimate of drug-likeness (QED) is 0.179. The lowest BCUT2D eigenvalue weighted by molar-refractivity contribution is -0.134. The smallest absolute Gasteiger partial charge is 0.262 e. The molecule has 2 aromatic heterocycles. The summed E-state index contributed by atoms with van der Waals surface area (Å²) in [6.07, 6.45) is 7.92. The number of ether oxygens (including phenoxy) is 2. The number of aryl methyl sites for hydroxylation is 2. The maximum absolute atomic E-state index is 14.2. The van der Waals surface area contributed by atoms with Gasteiger partial charge in [0.05, 0.1) is 33.1 Å². The zero-order chi connectivity index (χ0) is 33.1. The van der Waals surface area contributed by atoms with Crippen molar-refractivity contribution in [2.45, 2.75) is 63.5 Å². The average Bonchev–Trinajstić information content (AvgIpc) is 3.79. The molecule has 0 spiro atoms. The molecule has 9 nitrogen and oxygen atoms in total. The van der Waals surface area contributed by atoms with E-state index in [0.717, 1.165) is 67.8 Å². The minimum atomic E-state index is -0.406. The van der Waals surface area contributed by atoms with Crippen LogP contribution < -0.4 is 15.0 Å². The topological polar surface area (TPSA) is 96.9 Å². The van der Waals surface area contributed by atoms with Crippen LogP contribution in [0.2, 0.25) is 15.1 Å². The molecule has 1 aliphatic carbocycles. The summed E-state index contributed by atoms with van der Waals surface area (Å²) in [6.45, 7) is 5.26. The number of nitrogens with one attached hydrogen (secondary N) is 1. The Bertz CT molecular complexity index is 1580. The lowest BCUT2D eigenvalue weighted by atomic mass is 9.80. The van der Waals surface area contributed by atoms with Gasteiger partial charge in [0.15, 0.2) is 5.75 Å². The van der Waals surface area contributed by atoms with Gasteiger partial charge in [-0.1, -0.05) is 40.9 Å². The summed E-state index contributed by atoms with van der Waals surface area (Å²) in [5.74, 6) is 0.369. The number of benzene rings is 1. The number of amides is 2. The number of rotatable bonds is 11. The summed E-state index contributed by atoms with van der Waals surface area (Å²) >= 11 is 19.3. The molecule has 250 valence electrons. The molecule has 3 aromatic rings. The highest BCUT2D eigenvalue weighted by atomic mass is 35.5. The van der Waals surface area contributed by atoms with Crippen molar-refractivity contribution in [1.29, 1.82) is 0 Å². The second-order valence-corrected chi connectivity index (χ2v) is 13.9. The largest absolute Gasteiger partial charge is 0.485 e. The van der Waals surface area contributed by atoms with Gasteiger partial charge in [-0.05, 0) is 86.9 Å². The van der Waals surface area contributed by atoms with Crippen molar-refractivity contribution in [2.75, 3.05) is 44.8 Å². The van der Waals surface area contributed by atoms with Crippen molar-refractivity contribution < 1.29 is 19.1 Å². The van der Waals surface area contributed by atoms with Crippen LogP contribution in [-0.2, 0) is 16.0 Å². The summed E-state index contributed by atoms with van der Waals surface area (Å²) in [7, 11) is 1.65. The molecular weight excluding hydrogens is 661 g/mol. The van der Waals surface area contributed by atoms with Gasteiger partial charge in [-0.3, -0.25) is 19.5 Å². The molecule has 47 heavy (non-hydrogen) atoms. The molecule has 0 unspecified atom stereocenters. The zero-order valence-corrected chi connectivity index (χ0v) is 29.0. The maximum atomic E-state index is 14.2. The number of aromatic nitrogens is 2. The summed E-state index contributed by atoms with van der Waals surface area (Å²) < 4.78 is 11.4. The Morgan fingerprint density at radius 1 is 1.02 bits per heavy atom. The molecule has 12 heteroatoms. The molecule has 2 aliphatic heterocycles. The Balaban J connectivity index is 1.15. The van der Waals surface area contributed by atoms with E-state index in [9.17, 15) is 9.59 Å². The molecular formula is C35H40Cl3N5O4. The molecule has 0 radical (unpaired) electrons. The van der Waals surface area contributed by atoms with Gasteiger partial charge >= 0.3 is 0 Å². The number of imide groups is 1. The summed E-state index contributed by atoms with van der Waals surface area (Å²) in [6, 6.07) is 9.39. The number of halogens is 3. The number of nitrogens with zero attached hydrogens (tertiary/aromatic N) is 4. The molecule has 3 aliphatic rings. The summed E-state index contributed by atoms with van der Waals surface area (Å²) in [5.41, 5.74) is 3.04. The maximum Gasteiger partial charge on any atom is 0.262 e. The van der Waals surface area contributed by atoms with Gasteiger partial charge in [0, 0.05) is 57.4 Å². The van der Waals surface area contributed by atoms with Crippen molar-refractivity contribution in [3.63, 3.8) is 0 Å². The van der Waals surface area contributed by atoms with E-state index in [4.69, 9.17) is 49.3 Å². The van der Waals surface area contributed by atoms with Crippen molar-refractivity contribution >= 4 is 52.4 Å². The highest BCUT2D eigenvalue weighted by Crippen LogP contribution is 2.38. The van der Waals surface area contributed by atoms with Crippen molar-refractivity contribution in [1.82, 2.24) is 20.2 Å². The van der Waals surface area contributed by atoms with Crippen LogP contribution in [0, 0.1) is 12.8 Å². The van der Waals surface area contributed by atoms with Crippen molar-refractivity contribution in [3.8, 4) is 5.75 Å². The fourth-order valence-electron chi connectivity index (χ4n) is 6.59. The van der Waals surface area contributed by atoms with Crippen LogP contribution in [0.15, 0.2) is 42.7 Å². The standard InChI is InChI=1S/C35H40Cl3N5O4/c1-21-14-29(36)33(30(37)15-21)47-25-10-12-42(20-25)32-8-5-22(17-41-32)26-9-11-39-18-28(26)35(45)43(24-6-7-24)34(44)27-16-23(4-3-13-46-2)40-19-31(27)38/h5,8,14-17,19,24-26,28,39H,3-4,6-7,9-13,18,20H2,1-2H3/t25-,26-,28+/m1/s1. The third-order valence-corrected chi connectivity index (χ3v) is 10.0. The molecule has 1 aromatic carbocycles. The van der Waals surface area contributed by atoms with E-state index in [0.29, 0.717) is 47.5 Å². The van der Waals surface area contributed by atoms with E-state index in [-0.39, 0.29) is 34.9 Å². The van der Waals surface area contributed by atoms with E-state index in [1.165, 1.54) is 11.1 Å². The Hall–Kier alpha value is -2.95. The first-order valence-corrected chi connectivity index (χ1v) is 17.4. The highest BCUT2D eigenvalue weighted by Gasteiger charge is 2.44. The molecule has 6 rings (SSSR count). The zero-order valence-electron chi connectivity index (χ0n) is 26.7. The van der Waals surface area contributed by atoms with Gasteiger partial charge in [0.2, 0.25) is 5.91 Å². The second kappa shape index (κ2) is 15.1. The van der Waals surface area contributed by atoms with Crippen LogP contribution in [0.4, 0.5) is 5.82 Å². The van der Waals surface area contributed by atoms with Gasteiger partial charge in [-0.15, -0.1) is 0 Å². The lowest BCUT2D eigenvalue weighted by Gasteiger charge is -2.35. The third-order valence-electron chi connectivity index (χ3n) is 9.19. The molecule has 2 amide bonds. The van der Waals surface area contributed by atoms with Gasteiger partial charge in [0.25, 0.3) is 5.91 Å². The third kappa shape index (κ3) is 7.86. The number of piperidine rings is 1. The number of carbonyl (C=O) groups is 2. The Morgan fingerprint density at radius 2 is 1.81 bits per heavy atom. The number of pyridine rings is 2. The van der Waals surface area contributed by atoms with Crippen LogP contribution >= 0.6 is 34.8 Å². The van der Waals surface area contributed by atoms with Crippen molar-refractivity contribution in [3.05, 3.63) is 80.2 Å². The number of anilines is 1. The Labute approximate surface area is 290 Å². The Kier molecular flexibility index (Phi) is 10.9. The van der Waals surface area contributed by atoms with Crippen LogP contribution in [-0.4, -0.2) is 78.7 Å². The van der Waals surface area contributed by atoms with Crippen molar-refractivity contribution in [2.24, 2.45) is 5.92 Å². The average molecular weight is 701 g/mol. The highest BCUT2D eigenvalue weighted by molar-refractivity contribution is 6.37. The summed E-state index contributed by atoms with van der Waals surface area (Å²) in [5, 5.41) is 4.65. The number of carbonyl (C=O) groups excluding carboxylic acids is 2. The van der Waals surface area contributed by atoms with Gasteiger partial charge in [-0.2, -0.15) is 0 Å². The molecule has 1 N–H and O–H groups in total. The molecule has 4 heterocycles. The van der Waals surface area contributed by atoms with E-state index in [2.05, 4.69) is 21.3 Å². The predicted molar refractivity (Wildman–Crippen MR) is 184 cm³/mol. The lowest BCUT2D eigenvalue weighted by Crippen LogP contribution is -2.49. The van der Waals surface area contributed by atoms with E-state index >= 15 is 0 Å². The first kappa shape index (κ1) is 33.9. The van der Waals surface area contributed by atoms with Gasteiger partial charge < -0.3 is 19.7 Å².